The molecule has 17 heavy (non-hydrogen) atoms. The van der Waals surface area contributed by atoms with Crippen molar-refractivity contribution < 1.29 is 0 Å². The maximum absolute atomic E-state index is 6.26. The normalized spacial score (nSPS) is 12.6. The highest BCUT2D eigenvalue weighted by Gasteiger charge is 2.21. The lowest BCUT2D eigenvalue weighted by Gasteiger charge is -2.17. The van der Waals surface area contributed by atoms with Crippen LogP contribution in [-0.2, 0) is 5.54 Å². The zero-order valence-corrected chi connectivity index (χ0v) is 12.4. The van der Waals surface area contributed by atoms with Gasteiger partial charge in [0.15, 0.2) is 0 Å². The van der Waals surface area contributed by atoms with Crippen molar-refractivity contribution in [3.05, 3.63) is 34.4 Å². The van der Waals surface area contributed by atoms with Crippen molar-refractivity contribution in [1.82, 2.24) is 4.57 Å². The second-order valence-corrected chi connectivity index (χ2v) is 6.34. The Morgan fingerprint density at radius 1 is 1.29 bits per heavy atom. The predicted molar refractivity (Wildman–Crippen MR) is 77.2 cm³/mol. The molecule has 2 aromatic rings. The molecule has 92 valence electrons. The average Bonchev–Trinajstić information content (AvgIpc) is 2.55. The molecular formula is C14H19BrN2. The lowest BCUT2D eigenvalue weighted by atomic mass is 9.95. The SMILES string of the molecule is CC(C)n1cc(C(C)(C)N)c2cc(Br)ccc21. The summed E-state index contributed by atoms with van der Waals surface area (Å²) >= 11 is 3.53. The number of benzene rings is 1. The van der Waals surface area contributed by atoms with Gasteiger partial charge in [0.25, 0.3) is 0 Å². The van der Waals surface area contributed by atoms with Crippen molar-refractivity contribution in [1.29, 1.82) is 0 Å². The van der Waals surface area contributed by atoms with Gasteiger partial charge in [-0.2, -0.15) is 0 Å². The fourth-order valence-corrected chi connectivity index (χ4v) is 2.53. The number of nitrogens with two attached hydrogens (primary N) is 1. The lowest BCUT2D eigenvalue weighted by molar-refractivity contribution is 0.549. The first-order valence-electron chi connectivity index (χ1n) is 5.90. The molecule has 0 aliphatic carbocycles. The molecule has 0 aliphatic rings. The Morgan fingerprint density at radius 2 is 1.94 bits per heavy atom. The highest BCUT2D eigenvalue weighted by molar-refractivity contribution is 9.10. The molecule has 0 radical (unpaired) electrons. The van der Waals surface area contributed by atoms with E-state index in [0.29, 0.717) is 6.04 Å². The van der Waals surface area contributed by atoms with Gasteiger partial charge in [0.2, 0.25) is 0 Å². The molecule has 1 aromatic heterocycles. The van der Waals surface area contributed by atoms with Gasteiger partial charge in [-0.3, -0.25) is 0 Å². The molecule has 0 unspecified atom stereocenters. The van der Waals surface area contributed by atoms with E-state index in [2.05, 4.69) is 58.7 Å². The predicted octanol–water partition coefficient (Wildman–Crippen LogP) is 4.18. The Kier molecular flexibility index (Phi) is 3.08. The number of hydrogen-bond donors (Lipinski definition) is 1. The molecule has 3 heteroatoms. The first-order valence-corrected chi connectivity index (χ1v) is 6.69. The second-order valence-electron chi connectivity index (χ2n) is 5.43. The topological polar surface area (TPSA) is 30.9 Å². The van der Waals surface area contributed by atoms with Gasteiger partial charge in [-0.25, -0.2) is 0 Å². The minimum atomic E-state index is -0.320. The number of aromatic nitrogens is 1. The molecule has 0 bridgehead atoms. The summed E-state index contributed by atoms with van der Waals surface area (Å²) in [7, 11) is 0. The number of halogens is 1. The Balaban J connectivity index is 2.80. The van der Waals surface area contributed by atoms with Gasteiger partial charge in [0, 0.05) is 33.2 Å². The Labute approximate surface area is 111 Å². The molecule has 2 rings (SSSR count). The molecule has 0 atom stereocenters. The highest BCUT2D eigenvalue weighted by atomic mass is 79.9. The summed E-state index contributed by atoms with van der Waals surface area (Å²) in [6, 6.07) is 6.82. The molecular weight excluding hydrogens is 276 g/mol. The maximum atomic E-state index is 6.26. The van der Waals surface area contributed by atoms with E-state index < -0.39 is 0 Å². The van der Waals surface area contributed by atoms with Crippen LogP contribution in [0.25, 0.3) is 10.9 Å². The number of hydrogen-bond acceptors (Lipinski definition) is 1. The molecule has 0 spiro atoms. The zero-order valence-electron chi connectivity index (χ0n) is 10.8. The van der Waals surface area contributed by atoms with Gasteiger partial charge in [-0.1, -0.05) is 15.9 Å². The van der Waals surface area contributed by atoms with Crippen LogP contribution in [-0.4, -0.2) is 4.57 Å². The smallest absolute Gasteiger partial charge is 0.0487 e. The molecule has 1 heterocycles. The first-order chi connectivity index (χ1) is 7.80. The Hall–Kier alpha value is -0.800. The van der Waals surface area contributed by atoms with Crippen LogP contribution >= 0.6 is 15.9 Å². The van der Waals surface area contributed by atoms with Crippen molar-refractivity contribution in [3.8, 4) is 0 Å². The van der Waals surface area contributed by atoms with E-state index in [1.807, 2.05) is 13.8 Å². The molecule has 0 amide bonds. The van der Waals surface area contributed by atoms with Gasteiger partial charge in [0.05, 0.1) is 0 Å². The minimum Gasteiger partial charge on any atom is -0.345 e. The fourth-order valence-electron chi connectivity index (χ4n) is 2.17. The number of nitrogens with zero attached hydrogens (tertiary/aromatic N) is 1. The third kappa shape index (κ3) is 2.26. The van der Waals surface area contributed by atoms with Crippen LogP contribution < -0.4 is 5.73 Å². The molecule has 2 N–H and O–H groups in total. The summed E-state index contributed by atoms with van der Waals surface area (Å²) in [5, 5.41) is 1.24. The van der Waals surface area contributed by atoms with Gasteiger partial charge >= 0.3 is 0 Å². The highest BCUT2D eigenvalue weighted by Crippen LogP contribution is 2.32. The van der Waals surface area contributed by atoms with E-state index in [9.17, 15) is 0 Å². The van der Waals surface area contributed by atoms with Crippen molar-refractivity contribution >= 4 is 26.8 Å². The van der Waals surface area contributed by atoms with E-state index in [4.69, 9.17) is 5.73 Å². The van der Waals surface area contributed by atoms with Crippen molar-refractivity contribution in [2.45, 2.75) is 39.3 Å². The minimum absolute atomic E-state index is 0.320. The maximum Gasteiger partial charge on any atom is 0.0487 e. The number of rotatable bonds is 2. The monoisotopic (exact) mass is 294 g/mol. The Bertz CT molecular complexity index is 547. The quantitative estimate of drug-likeness (QED) is 0.885. The number of fused-ring (bicyclic) bond motifs is 1. The van der Waals surface area contributed by atoms with Crippen LogP contribution in [0, 0.1) is 0 Å². The van der Waals surface area contributed by atoms with Crippen LogP contribution in [0.2, 0.25) is 0 Å². The summed E-state index contributed by atoms with van der Waals surface area (Å²) in [5.41, 5.74) is 8.38. The standard InChI is InChI=1S/C14H19BrN2/c1-9(2)17-8-12(14(3,4)16)11-7-10(15)5-6-13(11)17/h5-9H,16H2,1-4H3. The van der Waals surface area contributed by atoms with E-state index in [0.717, 1.165) is 4.47 Å². The molecule has 1 aromatic carbocycles. The van der Waals surface area contributed by atoms with Crippen molar-refractivity contribution in [3.63, 3.8) is 0 Å². The van der Waals surface area contributed by atoms with Gasteiger partial charge in [-0.05, 0) is 51.5 Å². The summed E-state index contributed by atoms with van der Waals surface area (Å²) in [5.74, 6) is 0. The summed E-state index contributed by atoms with van der Waals surface area (Å²) < 4.78 is 3.38. The fraction of sp³-hybridized carbons (Fsp3) is 0.429. The summed E-state index contributed by atoms with van der Waals surface area (Å²) in [6.45, 7) is 8.48. The molecule has 0 aliphatic heterocycles. The molecule has 0 saturated carbocycles. The van der Waals surface area contributed by atoms with Gasteiger partial charge < -0.3 is 10.3 Å². The van der Waals surface area contributed by atoms with E-state index in [-0.39, 0.29) is 5.54 Å². The van der Waals surface area contributed by atoms with Gasteiger partial charge in [-0.15, -0.1) is 0 Å². The van der Waals surface area contributed by atoms with E-state index in [1.54, 1.807) is 0 Å². The molecule has 0 saturated heterocycles. The van der Waals surface area contributed by atoms with E-state index in [1.165, 1.54) is 16.5 Å². The molecule has 2 nitrogen and oxygen atoms in total. The Morgan fingerprint density at radius 3 is 2.47 bits per heavy atom. The van der Waals surface area contributed by atoms with Crippen molar-refractivity contribution in [2.75, 3.05) is 0 Å². The van der Waals surface area contributed by atoms with Gasteiger partial charge in [0.1, 0.15) is 0 Å². The third-order valence-electron chi connectivity index (χ3n) is 3.05. The van der Waals surface area contributed by atoms with Crippen LogP contribution in [0.5, 0.6) is 0 Å². The second kappa shape index (κ2) is 4.14. The summed E-state index contributed by atoms with van der Waals surface area (Å²) in [4.78, 5) is 0. The van der Waals surface area contributed by atoms with Crippen LogP contribution in [0.3, 0.4) is 0 Å². The summed E-state index contributed by atoms with van der Waals surface area (Å²) in [6.07, 6.45) is 2.18. The lowest BCUT2D eigenvalue weighted by Crippen LogP contribution is -2.28. The van der Waals surface area contributed by atoms with Crippen LogP contribution in [0.15, 0.2) is 28.9 Å². The molecule has 0 fully saturated rings. The largest absolute Gasteiger partial charge is 0.345 e. The van der Waals surface area contributed by atoms with E-state index >= 15 is 0 Å². The first kappa shape index (κ1) is 12.7. The average molecular weight is 295 g/mol. The van der Waals surface area contributed by atoms with Crippen molar-refractivity contribution in [2.24, 2.45) is 5.73 Å². The third-order valence-corrected chi connectivity index (χ3v) is 3.54. The van der Waals surface area contributed by atoms with Crippen LogP contribution in [0.4, 0.5) is 0 Å². The zero-order chi connectivity index (χ0) is 12.8. The van der Waals surface area contributed by atoms with Crippen LogP contribution in [0.1, 0.15) is 39.3 Å².